The van der Waals surface area contributed by atoms with E-state index in [-0.39, 0.29) is 35.5 Å². The molecule has 38 heavy (non-hydrogen) atoms. The van der Waals surface area contributed by atoms with Gasteiger partial charge in [-0.05, 0) is 33.5 Å². The zero-order valence-electron chi connectivity index (χ0n) is 25.4. The molecular formula is C32H54O4Si2. The summed E-state index contributed by atoms with van der Waals surface area (Å²) < 4.78 is 14.4. The summed E-state index contributed by atoms with van der Waals surface area (Å²) in [5.41, 5.74) is 0. The van der Waals surface area contributed by atoms with Gasteiger partial charge in [0.05, 0.1) is 12.2 Å². The van der Waals surface area contributed by atoms with Crippen LogP contribution < -0.4 is 10.4 Å². The topological polar surface area (TPSA) is 58.9 Å². The maximum absolute atomic E-state index is 11.2. The summed E-state index contributed by atoms with van der Waals surface area (Å²) >= 11 is 0. The van der Waals surface area contributed by atoms with Gasteiger partial charge < -0.3 is 19.1 Å². The molecule has 2 N–H and O–H groups in total. The Morgan fingerprint density at radius 2 is 1.21 bits per heavy atom. The summed E-state index contributed by atoms with van der Waals surface area (Å²) in [5, 5.41) is 23.4. The van der Waals surface area contributed by atoms with Crippen molar-refractivity contribution in [1.82, 2.24) is 0 Å². The molecule has 6 heteroatoms. The monoisotopic (exact) mass is 558 g/mol. The van der Waals surface area contributed by atoms with Crippen molar-refractivity contribution in [2.75, 3.05) is 13.2 Å². The quantitative estimate of drug-likeness (QED) is 0.255. The first-order chi connectivity index (χ1) is 17.9. The minimum atomic E-state index is -2.68. The van der Waals surface area contributed by atoms with Crippen LogP contribution in [0.5, 0.6) is 0 Å². The van der Waals surface area contributed by atoms with Gasteiger partial charge in [0.15, 0.2) is 8.32 Å². The van der Waals surface area contributed by atoms with Crippen molar-refractivity contribution in [1.29, 1.82) is 0 Å². The Morgan fingerprint density at radius 3 is 1.58 bits per heavy atom. The molecule has 0 aliphatic rings. The highest BCUT2D eigenvalue weighted by Crippen LogP contribution is 2.38. The first-order valence-corrected chi connectivity index (χ1v) is 19.1. The molecule has 0 spiro atoms. The molecule has 2 aromatic rings. The standard InChI is InChI=1S/C32H54O4Si2/c1-10-37(11-2,12-3)36-31(27(6)30(34)25(4)23-33)26(5)24-35-38(32(7,8)9,28-19-15-13-16-20-28)29-21-17-14-18-22-29/h13-22,25-27,30-31,33-34H,10-12,23-24H2,1-9H3/t25-,26+,27+,30-,31+/m1/s1. The lowest BCUT2D eigenvalue weighted by Crippen LogP contribution is -2.67. The van der Waals surface area contributed by atoms with E-state index in [1.807, 2.05) is 6.92 Å². The van der Waals surface area contributed by atoms with E-state index >= 15 is 0 Å². The zero-order chi connectivity index (χ0) is 28.6. The number of benzene rings is 2. The highest BCUT2D eigenvalue weighted by molar-refractivity contribution is 6.99. The first kappa shape index (κ1) is 32.9. The summed E-state index contributed by atoms with van der Waals surface area (Å²) in [6.07, 6.45) is -0.790. The van der Waals surface area contributed by atoms with Gasteiger partial charge in [-0.2, -0.15) is 0 Å². The fraction of sp³-hybridized carbons (Fsp3) is 0.625. The molecule has 0 amide bonds. The molecule has 0 aromatic heterocycles. The van der Waals surface area contributed by atoms with Crippen LogP contribution in [0.4, 0.5) is 0 Å². The number of hydrogen-bond acceptors (Lipinski definition) is 4. The molecular weight excluding hydrogens is 505 g/mol. The van der Waals surface area contributed by atoms with Crippen LogP contribution in [-0.2, 0) is 8.85 Å². The molecule has 0 aliphatic carbocycles. The van der Waals surface area contributed by atoms with Crippen molar-refractivity contribution in [3.8, 4) is 0 Å². The van der Waals surface area contributed by atoms with Gasteiger partial charge >= 0.3 is 0 Å². The fourth-order valence-corrected chi connectivity index (χ4v) is 13.7. The third kappa shape index (κ3) is 7.26. The van der Waals surface area contributed by atoms with Gasteiger partial charge in [0.1, 0.15) is 0 Å². The normalized spacial score (nSPS) is 17.0. The fourth-order valence-electron chi connectivity index (χ4n) is 5.96. The second-order valence-corrected chi connectivity index (χ2v) is 21.3. The lowest BCUT2D eigenvalue weighted by Gasteiger charge is -2.45. The van der Waals surface area contributed by atoms with Crippen LogP contribution in [-0.4, -0.2) is 52.3 Å². The van der Waals surface area contributed by atoms with E-state index in [0.29, 0.717) is 6.61 Å². The van der Waals surface area contributed by atoms with Crippen LogP contribution in [0.25, 0.3) is 0 Å². The molecule has 214 valence electrons. The van der Waals surface area contributed by atoms with Crippen LogP contribution in [0.15, 0.2) is 60.7 Å². The largest absolute Gasteiger partial charge is 0.413 e. The number of hydrogen-bond donors (Lipinski definition) is 2. The van der Waals surface area contributed by atoms with Crippen molar-refractivity contribution in [3.63, 3.8) is 0 Å². The Labute approximate surface area is 235 Å². The predicted molar refractivity (Wildman–Crippen MR) is 166 cm³/mol. The molecule has 0 bridgehead atoms. The zero-order valence-corrected chi connectivity index (χ0v) is 27.4. The predicted octanol–water partition coefficient (Wildman–Crippen LogP) is 6.21. The van der Waals surface area contributed by atoms with E-state index in [4.69, 9.17) is 8.85 Å². The van der Waals surface area contributed by atoms with Crippen molar-refractivity contribution >= 4 is 27.0 Å². The Bertz CT molecular complexity index is 880. The highest BCUT2D eigenvalue weighted by Gasteiger charge is 2.51. The summed E-state index contributed by atoms with van der Waals surface area (Å²) in [4.78, 5) is 0. The lowest BCUT2D eigenvalue weighted by molar-refractivity contribution is -0.0387. The molecule has 2 aromatic carbocycles. The molecule has 0 fully saturated rings. The van der Waals surface area contributed by atoms with Gasteiger partial charge in [0.2, 0.25) is 0 Å². The molecule has 4 nitrogen and oxygen atoms in total. The molecule has 0 unspecified atom stereocenters. The SMILES string of the molecule is CC[Si](CC)(CC)O[C@H]([C@@H](C)[C@H](O)[C@H](C)CO)[C@@H](C)CO[Si](c1ccccc1)(c1ccccc1)C(C)(C)C. The smallest absolute Gasteiger partial charge is 0.261 e. The maximum Gasteiger partial charge on any atom is 0.261 e. The van der Waals surface area contributed by atoms with Gasteiger partial charge in [0, 0.05) is 31.0 Å². The van der Waals surface area contributed by atoms with E-state index in [2.05, 4.69) is 116 Å². The summed E-state index contributed by atoms with van der Waals surface area (Å²) in [5.74, 6) is -0.253. The van der Waals surface area contributed by atoms with Crippen molar-refractivity contribution in [2.24, 2.45) is 17.8 Å². The van der Waals surface area contributed by atoms with Crippen LogP contribution in [0, 0.1) is 17.8 Å². The van der Waals surface area contributed by atoms with E-state index in [1.165, 1.54) is 10.4 Å². The number of aliphatic hydroxyl groups excluding tert-OH is 2. The maximum atomic E-state index is 11.2. The third-order valence-electron chi connectivity index (χ3n) is 8.79. The Balaban J connectivity index is 2.53. The third-order valence-corrected chi connectivity index (χ3v) is 18.4. The van der Waals surface area contributed by atoms with E-state index in [1.54, 1.807) is 0 Å². The van der Waals surface area contributed by atoms with Crippen molar-refractivity contribution in [2.45, 2.75) is 97.7 Å². The molecule has 0 heterocycles. The van der Waals surface area contributed by atoms with Gasteiger partial charge in [-0.15, -0.1) is 0 Å². The van der Waals surface area contributed by atoms with Crippen LogP contribution in [0.1, 0.15) is 62.3 Å². The summed E-state index contributed by atoms with van der Waals surface area (Å²) in [6, 6.07) is 24.6. The highest BCUT2D eigenvalue weighted by atomic mass is 28.4. The number of aliphatic hydroxyl groups is 2. The second kappa shape index (κ2) is 14.4. The lowest BCUT2D eigenvalue weighted by atomic mass is 9.85. The molecule has 0 saturated carbocycles. The van der Waals surface area contributed by atoms with Crippen LogP contribution in [0.3, 0.4) is 0 Å². The van der Waals surface area contributed by atoms with Gasteiger partial charge in [0.25, 0.3) is 8.32 Å². The van der Waals surface area contributed by atoms with Crippen molar-refractivity contribution < 1.29 is 19.1 Å². The summed E-state index contributed by atoms with van der Waals surface area (Å²) in [7, 11) is -4.63. The van der Waals surface area contributed by atoms with E-state index in [9.17, 15) is 10.2 Å². The van der Waals surface area contributed by atoms with Gasteiger partial charge in [-0.25, -0.2) is 0 Å². The minimum absolute atomic E-state index is 0.0386. The average molecular weight is 559 g/mol. The summed E-state index contributed by atoms with van der Waals surface area (Å²) in [6.45, 7) is 20.4. The molecule has 2 rings (SSSR count). The molecule has 0 radical (unpaired) electrons. The van der Waals surface area contributed by atoms with E-state index in [0.717, 1.165) is 18.1 Å². The average Bonchev–Trinajstić information content (AvgIpc) is 2.93. The molecule has 0 aliphatic heterocycles. The van der Waals surface area contributed by atoms with E-state index < -0.39 is 22.7 Å². The Hall–Kier alpha value is -1.29. The minimum Gasteiger partial charge on any atom is -0.413 e. The molecule has 0 saturated heterocycles. The first-order valence-electron chi connectivity index (χ1n) is 14.6. The Morgan fingerprint density at radius 1 is 0.763 bits per heavy atom. The van der Waals surface area contributed by atoms with Gasteiger partial charge in [-0.1, -0.05) is 123 Å². The molecule has 5 atom stereocenters. The van der Waals surface area contributed by atoms with Gasteiger partial charge in [-0.3, -0.25) is 0 Å². The Kier molecular flexibility index (Phi) is 12.5. The van der Waals surface area contributed by atoms with Crippen molar-refractivity contribution in [3.05, 3.63) is 60.7 Å². The number of rotatable bonds is 15. The van der Waals surface area contributed by atoms with Crippen LogP contribution >= 0.6 is 0 Å². The van der Waals surface area contributed by atoms with Crippen LogP contribution in [0.2, 0.25) is 23.2 Å². The second-order valence-electron chi connectivity index (χ2n) is 12.3.